The van der Waals surface area contributed by atoms with Crippen LogP contribution in [-0.4, -0.2) is 24.2 Å². The maximum absolute atomic E-state index is 11.4. The van der Waals surface area contributed by atoms with E-state index in [4.69, 9.17) is 16.7 Å². The van der Waals surface area contributed by atoms with E-state index in [1.165, 1.54) is 13.3 Å². The molecular weight excluding hydrogens is 270 g/mol. The minimum Gasteiger partial charge on any atom is -0.478 e. The summed E-state index contributed by atoms with van der Waals surface area (Å²) in [6.07, 6.45) is 3.36. The van der Waals surface area contributed by atoms with Crippen molar-refractivity contribution in [2.24, 2.45) is 0 Å². The third kappa shape index (κ3) is 5.27. The Morgan fingerprint density at radius 3 is 2.42 bits per heavy atom. The number of rotatable bonds is 5. The van der Waals surface area contributed by atoms with Gasteiger partial charge in [0.2, 0.25) is 0 Å². The van der Waals surface area contributed by atoms with Crippen LogP contribution >= 0.6 is 11.6 Å². The lowest BCUT2D eigenvalue weighted by Crippen LogP contribution is -2.05. The summed E-state index contributed by atoms with van der Waals surface area (Å²) >= 11 is 5.74. The lowest BCUT2D eigenvalue weighted by atomic mass is 10.2. The second kappa shape index (κ2) is 7.23. The molecule has 0 unspecified atom stereocenters. The molecule has 100 valence electrons. The highest BCUT2D eigenvalue weighted by molar-refractivity contribution is 6.30. The fraction of sp³-hybridized carbons (Fsp3) is 0.0769. The zero-order valence-corrected chi connectivity index (χ0v) is 10.8. The Kier molecular flexibility index (Phi) is 5.63. The topological polar surface area (TPSA) is 75.6 Å². The fourth-order valence-electron chi connectivity index (χ4n) is 1.16. The van der Waals surface area contributed by atoms with Crippen molar-refractivity contribution < 1.29 is 19.4 Å². The molecule has 1 rings (SSSR count). The van der Waals surface area contributed by atoms with Crippen LogP contribution in [-0.2, 0) is 14.3 Å². The summed E-state index contributed by atoms with van der Waals surface area (Å²) in [6, 6.07) is 6.80. The molecule has 6 heteroatoms. The smallest absolute Gasteiger partial charge is 0.339 e. The Hall–Kier alpha value is -2.27. The molecule has 0 fully saturated rings. The third-order valence-electron chi connectivity index (χ3n) is 2.07. The Morgan fingerprint density at radius 1 is 1.26 bits per heavy atom. The molecule has 0 saturated carbocycles. The number of esters is 1. The maximum atomic E-state index is 11.4. The molecule has 0 radical (unpaired) electrons. The van der Waals surface area contributed by atoms with Gasteiger partial charge in [-0.25, -0.2) is 9.59 Å². The first-order valence-electron chi connectivity index (χ1n) is 5.24. The molecule has 5 nitrogen and oxygen atoms in total. The Morgan fingerprint density at radius 2 is 1.89 bits per heavy atom. The van der Waals surface area contributed by atoms with Gasteiger partial charge in [-0.3, -0.25) is 0 Å². The highest BCUT2D eigenvalue weighted by atomic mass is 35.5. The summed E-state index contributed by atoms with van der Waals surface area (Å²) in [4.78, 5) is 21.8. The number of benzene rings is 1. The van der Waals surface area contributed by atoms with Crippen LogP contribution in [0.4, 0.5) is 5.69 Å². The van der Waals surface area contributed by atoms with Crippen molar-refractivity contribution in [3.05, 3.63) is 53.2 Å². The molecule has 0 aliphatic heterocycles. The number of methoxy groups -OCH3 is 1. The number of ether oxygens (including phenoxy) is 1. The van der Waals surface area contributed by atoms with Crippen molar-refractivity contribution in [2.45, 2.75) is 0 Å². The number of carbonyl (C=O) groups is 2. The van der Waals surface area contributed by atoms with E-state index in [1.54, 1.807) is 24.3 Å². The second-order valence-electron chi connectivity index (χ2n) is 3.41. The van der Waals surface area contributed by atoms with E-state index < -0.39 is 11.9 Å². The van der Waals surface area contributed by atoms with Gasteiger partial charge in [-0.05, 0) is 30.3 Å². The van der Waals surface area contributed by atoms with Gasteiger partial charge < -0.3 is 15.2 Å². The minimum absolute atomic E-state index is 0.0832. The highest BCUT2D eigenvalue weighted by Gasteiger charge is 2.06. The van der Waals surface area contributed by atoms with Gasteiger partial charge in [-0.15, -0.1) is 0 Å². The van der Waals surface area contributed by atoms with E-state index in [-0.39, 0.29) is 5.57 Å². The van der Waals surface area contributed by atoms with E-state index >= 15 is 0 Å². The first kappa shape index (κ1) is 14.8. The lowest BCUT2D eigenvalue weighted by Gasteiger charge is -2.03. The Balaban J connectivity index is 2.85. The number of carboxylic acids is 1. The minimum atomic E-state index is -1.15. The van der Waals surface area contributed by atoms with Gasteiger partial charge in [0.15, 0.2) is 0 Å². The van der Waals surface area contributed by atoms with Gasteiger partial charge in [0, 0.05) is 23.0 Å². The van der Waals surface area contributed by atoms with Gasteiger partial charge in [0.1, 0.15) is 0 Å². The summed E-state index contributed by atoms with van der Waals surface area (Å²) in [7, 11) is 1.22. The van der Waals surface area contributed by atoms with E-state index in [2.05, 4.69) is 10.1 Å². The lowest BCUT2D eigenvalue weighted by molar-refractivity contribution is -0.135. The summed E-state index contributed by atoms with van der Waals surface area (Å²) in [5, 5.41) is 12.0. The van der Waals surface area contributed by atoms with Crippen LogP contribution in [0.15, 0.2) is 48.2 Å². The third-order valence-corrected chi connectivity index (χ3v) is 2.32. The Labute approximate surface area is 115 Å². The molecule has 0 aromatic heterocycles. The molecular formula is C13H12ClNO4. The molecule has 0 amide bonds. The number of aliphatic carboxylic acids is 1. The quantitative estimate of drug-likeness (QED) is 0.492. The zero-order chi connectivity index (χ0) is 14.3. The van der Waals surface area contributed by atoms with Crippen LogP contribution in [0.25, 0.3) is 0 Å². The first-order valence-corrected chi connectivity index (χ1v) is 5.62. The van der Waals surface area contributed by atoms with Crippen molar-refractivity contribution >= 4 is 29.2 Å². The molecule has 0 saturated heterocycles. The van der Waals surface area contributed by atoms with Crippen LogP contribution in [0.3, 0.4) is 0 Å². The van der Waals surface area contributed by atoms with Gasteiger partial charge >= 0.3 is 11.9 Å². The average Bonchev–Trinajstić information content (AvgIpc) is 2.39. The number of carbonyl (C=O) groups excluding carboxylic acids is 1. The SMILES string of the molecule is COC(=O)C(/C=C/C(=O)O)=C/Nc1ccc(Cl)cc1. The van der Waals surface area contributed by atoms with Gasteiger partial charge in [0.25, 0.3) is 0 Å². The molecule has 19 heavy (non-hydrogen) atoms. The number of hydrogen-bond acceptors (Lipinski definition) is 4. The van der Waals surface area contributed by atoms with E-state index in [9.17, 15) is 9.59 Å². The first-order chi connectivity index (χ1) is 9.02. The molecule has 1 aromatic carbocycles. The van der Waals surface area contributed by atoms with Crippen molar-refractivity contribution in [3.8, 4) is 0 Å². The van der Waals surface area contributed by atoms with Crippen LogP contribution in [0.1, 0.15) is 0 Å². The van der Waals surface area contributed by atoms with E-state index in [0.717, 1.165) is 12.2 Å². The monoisotopic (exact) mass is 281 g/mol. The molecule has 0 aliphatic carbocycles. The molecule has 2 N–H and O–H groups in total. The van der Waals surface area contributed by atoms with Gasteiger partial charge in [-0.1, -0.05) is 11.6 Å². The van der Waals surface area contributed by atoms with Crippen LogP contribution in [0.5, 0.6) is 0 Å². The number of hydrogen-bond donors (Lipinski definition) is 2. The predicted octanol–water partition coefficient (Wildman–Crippen LogP) is 2.45. The maximum Gasteiger partial charge on any atom is 0.339 e. The van der Waals surface area contributed by atoms with Crippen LogP contribution in [0, 0.1) is 0 Å². The highest BCUT2D eigenvalue weighted by Crippen LogP contribution is 2.14. The summed E-state index contributed by atoms with van der Waals surface area (Å²) < 4.78 is 4.54. The van der Waals surface area contributed by atoms with Crippen molar-refractivity contribution in [3.63, 3.8) is 0 Å². The number of carboxylic acid groups (broad SMARTS) is 1. The number of anilines is 1. The van der Waals surface area contributed by atoms with Crippen LogP contribution < -0.4 is 5.32 Å². The van der Waals surface area contributed by atoms with Crippen molar-refractivity contribution in [1.82, 2.24) is 0 Å². The molecule has 0 bridgehead atoms. The molecule has 0 heterocycles. The average molecular weight is 282 g/mol. The van der Waals surface area contributed by atoms with Gasteiger partial charge in [-0.2, -0.15) is 0 Å². The molecule has 1 aromatic rings. The molecule has 0 atom stereocenters. The summed E-state index contributed by atoms with van der Waals surface area (Å²) in [5.41, 5.74) is 0.786. The van der Waals surface area contributed by atoms with Crippen molar-refractivity contribution in [1.29, 1.82) is 0 Å². The number of halogens is 1. The van der Waals surface area contributed by atoms with Crippen LogP contribution in [0.2, 0.25) is 5.02 Å². The fourth-order valence-corrected chi connectivity index (χ4v) is 1.29. The predicted molar refractivity (Wildman–Crippen MR) is 71.9 cm³/mol. The van der Waals surface area contributed by atoms with E-state index in [1.807, 2.05) is 0 Å². The van der Waals surface area contributed by atoms with E-state index in [0.29, 0.717) is 10.7 Å². The second-order valence-corrected chi connectivity index (χ2v) is 3.85. The molecule has 0 aliphatic rings. The Bertz CT molecular complexity index is 520. The number of nitrogens with one attached hydrogen (secondary N) is 1. The summed E-state index contributed by atoms with van der Waals surface area (Å²) in [6.45, 7) is 0. The summed E-state index contributed by atoms with van der Waals surface area (Å²) in [5.74, 6) is -1.79. The normalized spacial score (nSPS) is 11.4. The van der Waals surface area contributed by atoms with Gasteiger partial charge in [0.05, 0.1) is 12.7 Å². The van der Waals surface area contributed by atoms with Crippen molar-refractivity contribution in [2.75, 3.05) is 12.4 Å². The largest absolute Gasteiger partial charge is 0.478 e. The standard InChI is InChI=1S/C13H12ClNO4/c1-19-13(18)9(2-7-12(16)17)8-15-11-5-3-10(14)4-6-11/h2-8,15H,1H3,(H,16,17)/b7-2+,9-8+. The molecule has 0 spiro atoms. The zero-order valence-electron chi connectivity index (χ0n) is 10.1.